The Morgan fingerprint density at radius 3 is 2.92 bits per heavy atom. The molecule has 12 heavy (non-hydrogen) atoms. The number of hydrogen-bond acceptors (Lipinski definition) is 4. The van der Waals surface area contributed by atoms with Crippen LogP contribution in [0.3, 0.4) is 0 Å². The smallest absolute Gasteiger partial charge is 0.0773 e. The largest absolute Gasteiger partial charge is 0.311 e. The Morgan fingerprint density at radius 2 is 2.50 bits per heavy atom. The van der Waals surface area contributed by atoms with Crippen molar-refractivity contribution in [2.24, 2.45) is 0 Å². The lowest BCUT2D eigenvalue weighted by atomic mass is 10.1. The van der Waals surface area contributed by atoms with Crippen molar-refractivity contribution in [3.8, 4) is 12.3 Å². The van der Waals surface area contributed by atoms with E-state index >= 15 is 0 Å². The lowest BCUT2D eigenvalue weighted by molar-refractivity contribution is 0.617. The first-order valence-electron chi connectivity index (χ1n) is 3.69. The Morgan fingerprint density at radius 1 is 1.75 bits per heavy atom. The summed E-state index contributed by atoms with van der Waals surface area (Å²) in [4.78, 5) is 1.13. The van der Waals surface area contributed by atoms with Crippen LogP contribution in [0.5, 0.6) is 0 Å². The van der Waals surface area contributed by atoms with Gasteiger partial charge in [-0.3, -0.25) is 0 Å². The fraction of sp³-hybridized carbons (Fsp3) is 0.500. The van der Waals surface area contributed by atoms with Gasteiger partial charge in [0, 0.05) is 6.42 Å². The van der Waals surface area contributed by atoms with Gasteiger partial charge in [-0.1, -0.05) is 4.49 Å². The fourth-order valence-corrected chi connectivity index (χ4v) is 1.75. The maximum Gasteiger partial charge on any atom is 0.0773 e. The van der Waals surface area contributed by atoms with Crippen molar-refractivity contribution in [3.63, 3.8) is 0 Å². The minimum absolute atomic E-state index is 0.204. The van der Waals surface area contributed by atoms with Crippen molar-refractivity contribution in [1.82, 2.24) is 14.9 Å². The number of terminal acetylenes is 1. The Kier molecular flexibility index (Phi) is 3.20. The van der Waals surface area contributed by atoms with E-state index in [1.807, 2.05) is 14.0 Å². The number of hydrogen-bond donors (Lipinski definition) is 1. The Hall–Kier alpha value is -0.920. The van der Waals surface area contributed by atoms with Crippen molar-refractivity contribution in [2.45, 2.75) is 19.4 Å². The van der Waals surface area contributed by atoms with E-state index in [4.69, 9.17) is 6.42 Å². The van der Waals surface area contributed by atoms with Gasteiger partial charge in [0.2, 0.25) is 0 Å². The molecule has 0 saturated heterocycles. The predicted molar refractivity (Wildman–Crippen MR) is 49.9 cm³/mol. The minimum Gasteiger partial charge on any atom is -0.311 e. The maximum absolute atomic E-state index is 5.23. The number of aryl methyl sites for hydroxylation is 1. The van der Waals surface area contributed by atoms with E-state index in [2.05, 4.69) is 20.8 Å². The van der Waals surface area contributed by atoms with E-state index < -0.39 is 0 Å². The van der Waals surface area contributed by atoms with Crippen LogP contribution >= 0.6 is 11.5 Å². The van der Waals surface area contributed by atoms with Gasteiger partial charge in [-0.15, -0.1) is 17.4 Å². The van der Waals surface area contributed by atoms with E-state index in [1.165, 1.54) is 11.5 Å². The zero-order valence-electron chi connectivity index (χ0n) is 7.16. The third-order valence-electron chi connectivity index (χ3n) is 1.67. The molecule has 3 nitrogen and oxygen atoms in total. The van der Waals surface area contributed by atoms with Crippen LogP contribution in [0.1, 0.15) is 23.0 Å². The molecule has 4 heteroatoms. The second-order valence-electron chi connectivity index (χ2n) is 2.47. The Bertz CT molecular complexity index is 287. The van der Waals surface area contributed by atoms with Crippen LogP contribution in [0.2, 0.25) is 0 Å². The molecule has 1 rings (SSSR count). The Balaban J connectivity index is 2.81. The van der Waals surface area contributed by atoms with Crippen molar-refractivity contribution < 1.29 is 0 Å². The highest BCUT2D eigenvalue weighted by Crippen LogP contribution is 2.21. The fourth-order valence-electron chi connectivity index (χ4n) is 1.00. The third-order valence-corrected chi connectivity index (χ3v) is 2.61. The molecule has 1 N–H and O–H groups in total. The van der Waals surface area contributed by atoms with Gasteiger partial charge in [0.15, 0.2) is 0 Å². The van der Waals surface area contributed by atoms with Gasteiger partial charge in [-0.2, -0.15) is 0 Å². The molecule has 64 valence electrons. The molecule has 0 aliphatic heterocycles. The number of nitrogens with zero attached hydrogens (tertiary/aromatic N) is 2. The molecule has 1 aromatic rings. The summed E-state index contributed by atoms with van der Waals surface area (Å²) in [6.45, 7) is 1.94. The third kappa shape index (κ3) is 1.81. The summed E-state index contributed by atoms with van der Waals surface area (Å²) in [6, 6.07) is 0.204. The van der Waals surface area contributed by atoms with Gasteiger partial charge >= 0.3 is 0 Å². The summed E-state index contributed by atoms with van der Waals surface area (Å²) in [5.74, 6) is 2.62. The number of nitrogens with one attached hydrogen (secondary N) is 1. The molecule has 0 radical (unpaired) electrons. The summed E-state index contributed by atoms with van der Waals surface area (Å²) < 4.78 is 3.86. The van der Waals surface area contributed by atoms with Crippen LogP contribution < -0.4 is 5.32 Å². The van der Waals surface area contributed by atoms with Crippen LogP contribution in [0.25, 0.3) is 0 Å². The molecule has 0 amide bonds. The molecule has 0 aliphatic rings. The SMILES string of the molecule is C#CCC(NC)c1snnc1C. The van der Waals surface area contributed by atoms with Crippen LogP contribution in [0.4, 0.5) is 0 Å². The van der Waals surface area contributed by atoms with Gasteiger partial charge in [0.05, 0.1) is 16.6 Å². The molecule has 0 aliphatic carbocycles. The van der Waals surface area contributed by atoms with Crippen molar-refractivity contribution in [3.05, 3.63) is 10.6 Å². The normalized spacial score (nSPS) is 12.4. The van der Waals surface area contributed by atoms with E-state index in [-0.39, 0.29) is 6.04 Å². The summed E-state index contributed by atoms with van der Waals surface area (Å²) in [7, 11) is 1.89. The second kappa shape index (κ2) is 4.19. The maximum atomic E-state index is 5.23. The molecule has 1 heterocycles. The molecule has 0 fully saturated rings. The highest BCUT2D eigenvalue weighted by Gasteiger charge is 2.13. The molecule has 0 bridgehead atoms. The topological polar surface area (TPSA) is 37.8 Å². The highest BCUT2D eigenvalue weighted by atomic mass is 32.1. The molecule has 0 spiro atoms. The van der Waals surface area contributed by atoms with E-state index in [9.17, 15) is 0 Å². The molecule has 0 saturated carbocycles. The molecular formula is C8H11N3S. The van der Waals surface area contributed by atoms with Crippen LogP contribution in [-0.2, 0) is 0 Å². The average molecular weight is 181 g/mol. The van der Waals surface area contributed by atoms with Crippen molar-refractivity contribution in [1.29, 1.82) is 0 Å². The summed E-state index contributed by atoms with van der Waals surface area (Å²) in [5, 5.41) is 7.06. The van der Waals surface area contributed by atoms with Gasteiger partial charge < -0.3 is 5.32 Å². The van der Waals surface area contributed by atoms with E-state index in [0.29, 0.717) is 6.42 Å². The lowest BCUT2D eigenvalue weighted by Gasteiger charge is -2.09. The molecule has 0 aromatic carbocycles. The number of aromatic nitrogens is 2. The summed E-state index contributed by atoms with van der Waals surface area (Å²) in [5.41, 5.74) is 0.967. The van der Waals surface area contributed by atoms with Gasteiger partial charge in [-0.05, 0) is 25.5 Å². The zero-order valence-corrected chi connectivity index (χ0v) is 7.98. The van der Waals surface area contributed by atoms with Gasteiger partial charge in [0.1, 0.15) is 0 Å². The summed E-state index contributed by atoms with van der Waals surface area (Å²) >= 11 is 1.40. The zero-order chi connectivity index (χ0) is 8.97. The first-order chi connectivity index (χ1) is 5.79. The van der Waals surface area contributed by atoms with Gasteiger partial charge in [-0.25, -0.2) is 0 Å². The molecule has 1 unspecified atom stereocenters. The van der Waals surface area contributed by atoms with Crippen LogP contribution in [0, 0.1) is 19.3 Å². The number of rotatable bonds is 3. The first kappa shape index (κ1) is 9.17. The van der Waals surface area contributed by atoms with Gasteiger partial charge in [0.25, 0.3) is 0 Å². The van der Waals surface area contributed by atoms with Crippen molar-refractivity contribution >= 4 is 11.5 Å². The average Bonchev–Trinajstić information content (AvgIpc) is 2.47. The molecule has 1 atom stereocenters. The predicted octanol–water partition coefficient (Wildman–Crippen LogP) is 1.13. The van der Waals surface area contributed by atoms with Crippen LogP contribution in [-0.4, -0.2) is 16.6 Å². The highest BCUT2D eigenvalue weighted by molar-refractivity contribution is 7.05. The molecule has 1 aromatic heterocycles. The van der Waals surface area contributed by atoms with Crippen molar-refractivity contribution in [2.75, 3.05) is 7.05 Å². The monoisotopic (exact) mass is 181 g/mol. The Labute approximate surface area is 76.4 Å². The minimum atomic E-state index is 0.204. The first-order valence-corrected chi connectivity index (χ1v) is 4.46. The quantitative estimate of drug-likeness (QED) is 0.710. The van der Waals surface area contributed by atoms with E-state index in [1.54, 1.807) is 0 Å². The lowest BCUT2D eigenvalue weighted by Crippen LogP contribution is -2.15. The molecular weight excluding hydrogens is 170 g/mol. The van der Waals surface area contributed by atoms with E-state index in [0.717, 1.165) is 10.6 Å². The second-order valence-corrected chi connectivity index (χ2v) is 3.26. The van der Waals surface area contributed by atoms with Crippen LogP contribution in [0.15, 0.2) is 0 Å². The summed E-state index contributed by atoms with van der Waals surface area (Å²) in [6.07, 6.45) is 5.92. The standard InChI is InChI=1S/C8H11N3S/c1-4-5-7(9-3)8-6(2)10-11-12-8/h1,7,9H,5H2,2-3H3.